The molecule has 0 fully saturated rings. The second kappa shape index (κ2) is 8.61. The van der Waals surface area contributed by atoms with Gasteiger partial charge in [0.1, 0.15) is 11.5 Å². The van der Waals surface area contributed by atoms with Gasteiger partial charge in [0.15, 0.2) is 4.90 Å². The average molecular weight is 485 g/mol. The smallest absolute Gasteiger partial charge is 0.271 e. The maximum Gasteiger partial charge on any atom is 0.271 e. The number of rotatable bonds is 5. The highest BCUT2D eigenvalue weighted by atomic mass is 35.5. The van der Waals surface area contributed by atoms with Crippen LogP contribution in [-0.4, -0.2) is 31.5 Å². The number of hydrogen-bond acceptors (Lipinski definition) is 6. The highest BCUT2D eigenvalue weighted by Gasteiger charge is 2.27. The van der Waals surface area contributed by atoms with Crippen molar-refractivity contribution in [1.82, 2.24) is 4.98 Å². The number of aromatic hydroxyl groups is 1. The monoisotopic (exact) mass is 484 g/mol. The molecule has 0 spiro atoms. The summed E-state index contributed by atoms with van der Waals surface area (Å²) < 4.78 is 31.1. The van der Waals surface area contributed by atoms with Gasteiger partial charge in [-0.05, 0) is 66.7 Å². The third-order valence-corrected chi connectivity index (χ3v) is 7.01. The molecule has 0 aliphatic carbocycles. The number of anilines is 1. The van der Waals surface area contributed by atoms with Crippen LogP contribution in [0.1, 0.15) is 10.4 Å². The van der Waals surface area contributed by atoms with E-state index in [-0.39, 0.29) is 21.4 Å². The number of nitrogens with one attached hydrogen (secondary N) is 2. The molecule has 0 atom stereocenters. The van der Waals surface area contributed by atoms with Crippen molar-refractivity contribution in [3.05, 3.63) is 87.7 Å². The molecule has 1 amide bonds. The maximum atomic E-state index is 13.0. The lowest BCUT2D eigenvalue weighted by Gasteiger charge is -2.11. The minimum Gasteiger partial charge on any atom is -0.506 e. The van der Waals surface area contributed by atoms with Gasteiger partial charge in [0, 0.05) is 21.7 Å². The van der Waals surface area contributed by atoms with E-state index in [9.17, 15) is 23.1 Å². The first kappa shape index (κ1) is 22.4. The van der Waals surface area contributed by atoms with E-state index in [2.05, 4.69) is 10.3 Å². The Morgan fingerprint density at radius 3 is 2.33 bits per heavy atom. The van der Waals surface area contributed by atoms with Crippen molar-refractivity contribution in [2.45, 2.75) is 9.79 Å². The van der Waals surface area contributed by atoms with Gasteiger partial charge in [0.2, 0.25) is 9.84 Å². The molecular formula is C23H17ClN2O6S. The second-order valence-corrected chi connectivity index (χ2v) is 9.36. The van der Waals surface area contributed by atoms with Crippen LogP contribution in [-0.2, 0) is 9.84 Å². The van der Waals surface area contributed by atoms with Crippen LogP contribution in [0.25, 0.3) is 10.9 Å². The first-order chi connectivity index (χ1) is 15.7. The number of benzene rings is 3. The number of ether oxygens (including phenoxy) is 1. The molecule has 4 aromatic rings. The molecule has 33 heavy (non-hydrogen) atoms. The molecule has 4 rings (SSSR count). The molecule has 0 aliphatic heterocycles. The van der Waals surface area contributed by atoms with E-state index >= 15 is 0 Å². The van der Waals surface area contributed by atoms with Gasteiger partial charge in [-0.15, -0.1) is 0 Å². The van der Waals surface area contributed by atoms with E-state index in [0.29, 0.717) is 16.5 Å². The van der Waals surface area contributed by atoms with Gasteiger partial charge in [0.25, 0.3) is 11.5 Å². The highest BCUT2D eigenvalue weighted by Crippen LogP contribution is 2.32. The summed E-state index contributed by atoms with van der Waals surface area (Å²) in [6.45, 7) is 0. The minimum absolute atomic E-state index is 0.0738. The number of halogens is 1. The molecule has 0 saturated heterocycles. The lowest BCUT2D eigenvalue weighted by molar-refractivity contribution is 0.102. The third kappa shape index (κ3) is 4.28. The fourth-order valence-corrected chi connectivity index (χ4v) is 4.78. The number of H-pyrrole nitrogens is 1. The number of fused-ring (bicyclic) bond motifs is 1. The van der Waals surface area contributed by atoms with Crippen LogP contribution < -0.4 is 15.6 Å². The lowest BCUT2D eigenvalue weighted by atomic mass is 10.1. The van der Waals surface area contributed by atoms with E-state index < -0.39 is 31.9 Å². The zero-order valence-electron chi connectivity index (χ0n) is 17.1. The van der Waals surface area contributed by atoms with Crippen molar-refractivity contribution >= 4 is 43.9 Å². The zero-order valence-corrected chi connectivity index (χ0v) is 18.7. The number of methoxy groups -OCH3 is 1. The SMILES string of the molecule is COc1ccc(S(=O)(=O)c2c(O)c3ccc(C(=O)Nc4ccc(Cl)cc4)cc3[nH]c2=O)cc1. The Bertz CT molecular complexity index is 1530. The summed E-state index contributed by atoms with van der Waals surface area (Å²) >= 11 is 5.84. The van der Waals surface area contributed by atoms with Crippen molar-refractivity contribution in [3.8, 4) is 11.5 Å². The predicted octanol–water partition coefficient (Wildman–Crippen LogP) is 3.98. The Balaban J connectivity index is 1.73. The molecule has 0 saturated carbocycles. The molecule has 168 valence electrons. The summed E-state index contributed by atoms with van der Waals surface area (Å²) in [4.78, 5) is 26.7. The average Bonchev–Trinajstić information content (AvgIpc) is 2.80. The molecule has 10 heteroatoms. The summed E-state index contributed by atoms with van der Waals surface area (Å²) in [5, 5.41) is 14.0. The number of pyridine rings is 1. The summed E-state index contributed by atoms with van der Waals surface area (Å²) in [5.41, 5.74) is -0.193. The Labute approximate surface area is 193 Å². The first-order valence-corrected chi connectivity index (χ1v) is 11.4. The maximum absolute atomic E-state index is 13.0. The van der Waals surface area contributed by atoms with Crippen molar-refractivity contribution < 1.29 is 23.1 Å². The number of aromatic amines is 1. The predicted molar refractivity (Wildman–Crippen MR) is 124 cm³/mol. The quantitative estimate of drug-likeness (QED) is 0.393. The summed E-state index contributed by atoms with van der Waals surface area (Å²) in [6, 6.07) is 16.1. The molecule has 0 unspecified atom stereocenters. The van der Waals surface area contributed by atoms with Crippen LogP contribution in [0.2, 0.25) is 5.02 Å². The van der Waals surface area contributed by atoms with E-state index in [1.165, 1.54) is 49.6 Å². The van der Waals surface area contributed by atoms with Crippen molar-refractivity contribution in [1.29, 1.82) is 0 Å². The molecule has 1 heterocycles. The summed E-state index contributed by atoms with van der Waals surface area (Å²) in [6.07, 6.45) is 0. The number of sulfone groups is 1. The zero-order chi connectivity index (χ0) is 23.8. The van der Waals surface area contributed by atoms with E-state index in [0.717, 1.165) is 0 Å². The number of amides is 1. The number of hydrogen-bond donors (Lipinski definition) is 3. The van der Waals surface area contributed by atoms with Gasteiger partial charge in [-0.3, -0.25) is 9.59 Å². The standard InChI is InChI=1S/C23H17ClN2O6S/c1-32-16-7-9-17(10-8-16)33(30,31)21-20(27)18-11-2-13(12-19(18)26-23(21)29)22(28)25-15-5-3-14(24)4-6-15/h2-12H,1H3,(H,25,28)(H2,26,27,29). The summed E-state index contributed by atoms with van der Waals surface area (Å²) in [7, 11) is -2.89. The van der Waals surface area contributed by atoms with Crippen LogP contribution in [0.5, 0.6) is 11.5 Å². The normalized spacial score (nSPS) is 11.3. The number of carbonyl (C=O) groups excluding carboxylic acids is 1. The minimum atomic E-state index is -4.33. The van der Waals surface area contributed by atoms with Crippen LogP contribution in [0.15, 0.2) is 81.3 Å². The third-order valence-electron chi connectivity index (χ3n) is 4.95. The number of aromatic nitrogens is 1. The molecular weight excluding hydrogens is 468 g/mol. The Morgan fingerprint density at radius 2 is 1.70 bits per heavy atom. The van der Waals surface area contributed by atoms with Gasteiger partial charge < -0.3 is 20.1 Å². The topological polar surface area (TPSA) is 126 Å². The molecule has 3 N–H and O–H groups in total. The van der Waals surface area contributed by atoms with E-state index in [1.54, 1.807) is 24.3 Å². The van der Waals surface area contributed by atoms with Gasteiger partial charge in [-0.2, -0.15) is 0 Å². The van der Waals surface area contributed by atoms with E-state index in [1.807, 2.05) is 0 Å². The van der Waals surface area contributed by atoms with Gasteiger partial charge >= 0.3 is 0 Å². The molecule has 8 nitrogen and oxygen atoms in total. The van der Waals surface area contributed by atoms with Crippen molar-refractivity contribution in [2.24, 2.45) is 0 Å². The fourth-order valence-electron chi connectivity index (χ4n) is 3.26. The van der Waals surface area contributed by atoms with Crippen molar-refractivity contribution in [2.75, 3.05) is 12.4 Å². The Morgan fingerprint density at radius 1 is 1.03 bits per heavy atom. The largest absolute Gasteiger partial charge is 0.506 e. The molecule has 0 bridgehead atoms. The molecule has 1 aromatic heterocycles. The van der Waals surface area contributed by atoms with E-state index in [4.69, 9.17) is 16.3 Å². The first-order valence-electron chi connectivity index (χ1n) is 9.56. The Kier molecular flexibility index (Phi) is 5.84. The molecule has 0 radical (unpaired) electrons. The van der Waals surface area contributed by atoms with Crippen LogP contribution in [0.3, 0.4) is 0 Å². The number of carbonyl (C=O) groups is 1. The fraction of sp³-hybridized carbons (Fsp3) is 0.0435. The van der Waals surface area contributed by atoms with Crippen LogP contribution in [0, 0.1) is 0 Å². The molecule has 3 aromatic carbocycles. The van der Waals surface area contributed by atoms with Crippen LogP contribution >= 0.6 is 11.6 Å². The highest BCUT2D eigenvalue weighted by molar-refractivity contribution is 7.91. The van der Waals surface area contributed by atoms with Gasteiger partial charge in [-0.1, -0.05) is 11.6 Å². The summed E-state index contributed by atoms with van der Waals surface area (Å²) in [5.74, 6) is -0.723. The lowest BCUT2D eigenvalue weighted by Crippen LogP contribution is -2.19. The van der Waals surface area contributed by atoms with Crippen molar-refractivity contribution in [3.63, 3.8) is 0 Å². The van der Waals surface area contributed by atoms with Gasteiger partial charge in [-0.25, -0.2) is 8.42 Å². The van der Waals surface area contributed by atoms with Gasteiger partial charge in [0.05, 0.1) is 17.5 Å². The molecule has 0 aliphatic rings. The van der Waals surface area contributed by atoms with Crippen LogP contribution in [0.4, 0.5) is 5.69 Å². The Hall–Kier alpha value is -3.82. The second-order valence-electron chi connectivity index (χ2n) is 7.03.